The Hall–Kier alpha value is -3.33. The van der Waals surface area contributed by atoms with Gasteiger partial charge in [-0.15, -0.1) is 0 Å². The number of methoxy groups -OCH3 is 1. The molecule has 0 radical (unpaired) electrons. The third kappa shape index (κ3) is 5.03. The molecule has 2 aromatic carbocycles. The Bertz CT molecular complexity index is 1100. The van der Waals surface area contributed by atoms with Crippen molar-refractivity contribution >= 4 is 35.1 Å². The van der Waals surface area contributed by atoms with Gasteiger partial charge in [-0.1, -0.05) is 11.6 Å². The first-order chi connectivity index (χ1) is 15.9. The van der Waals surface area contributed by atoms with E-state index in [4.69, 9.17) is 21.1 Å². The lowest BCUT2D eigenvalue weighted by molar-refractivity contribution is -0.118. The van der Waals surface area contributed by atoms with E-state index in [0.717, 1.165) is 6.07 Å². The lowest BCUT2D eigenvalue weighted by atomic mass is 9.97. The van der Waals surface area contributed by atoms with E-state index in [1.165, 1.54) is 19.2 Å². The molecule has 33 heavy (non-hydrogen) atoms. The minimum atomic E-state index is -0.689. The third-order valence-electron chi connectivity index (χ3n) is 5.66. The fourth-order valence-corrected chi connectivity index (χ4v) is 4.04. The van der Waals surface area contributed by atoms with Crippen LogP contribution in [-0.4, -0.2) is 56.1 Å². The summed E-state index contributed by atoms with van der Waals surface area (Å²) in [6, 6.07) is 7.13. The van der Waals surface area contributed by atoms with Crippen LogP contribution in [0.4, 0.5) is 10.1 Å². The predicted molar refractivity (Wildman–Crippen MR) is 117 cm³/mol. The molecule has 2 heterocycles. The molecule has 2 aromatic rings. The van der Waals surface area contributed by atoms with Crippen molar-refractivity contribution in [2.75, 3.05) is 38.7 Å². The standard InChI is InChI=1S/C23H22ClFN2O6/c1-31-23(30)14-2-3-19(16(24)8-14)32-11-13-4-6-27(7-5-13)22(29)15-9-18-20(10-17(15)25)33-12-21(28)26-18/h2-3,8-10,13H,4-7,11-12H2,1H3,(H,26,28). The average molecular weight is 477 g/mol. The maximum absolute atomic E-state index is 14.5. The van der Waals surface area contributed by atoms with Crippen LogP contribution >= 0.6 is 11.6 Å². The highest BCUT2D eigenvalue weighted by Crippen LogP contribution is 2.32. The van der Waals surface area contributed by atoms with Crippen LogP contribution in [-0.2, 0) is 9.53 Å². The summed E-state index contributed by atoms with van der Waals surface area (Å²) in [4.78, 5) is 37.5. The van der Waals surface area contributed by atoms with Crippen molar-refractivity contribution in [2.24, 2.45) is 5.92 Å². The molecule has 4 rings (SSSR count). The van der Waals surface area contributed by atoms with Crippen LogP contribution in [0.3, 0.4) is 0 Å². The molecule has 2 aliphatic heterocycles. The molecule has 0 aromatic heterocycles. The normalized spacial score (nSPS) is 15.8. The van der Waals surface area contributed by atoms with Gasteiger partial charge in [0.1, 0.15) is 17.3 Å². The molecule has 1 N–H and O–H groups in total. The first kappa shape index (κ1) is 22.8. The van der Waals surface area contributed by atoms with Crippen molar-refractivity contribution < 1.29 is 33.0 Å². The molecule has 0 unspecified atom stereocenters. The van der Waals surface area contributed by atoms with E-state index in [-0.39, 0.29) is 35.4 Å². The van der Waals surface area contributed by atoms with Crippen molar-refractivity contribution in [2.45, 2.75) is 12.8 Å². The number of esters is 1. The fraction of sp³-hybridized carbons (Fsp3) is 0.348. The van der Waals surface area contributed by atoms with Crippen molar-refractivity contribution in [1.82, 2.24) is 4.90 Å². The van der Waals surface area contributed by atoms with Crippen molar-refractivity contribution in [3.05, 3.63) is 52.3 Å². The quantitative estimate of drug-likeness (QED) is 0.663. The molecule has 1 fully saturated rings. The SMILES string of the molecule is COC(=O)c1ccc(OCC2CCN(C(=O)c3cc4c(cc3F)OCC(=O)N4)CC2)c(Cl)c1. The molecule has 2 aliphatic rings. The number of ether oxygens (including phenoxy) is 3. The second-order valence-electron chi connectivity index (χ2n) is 7.85. The summed E-state index contributed by atoms with van der Waals surface area (Å²) >= 11 is 6.20. The van der Waals surface area contributed by atoms with Gasteiger partial charge in [0, 0.05) is 19.2 Å². The van der Waals surface area contributed by atoms with Gasteiger partial charge in [0.25, 0.3) is 11.8 Å². The maximum Gasteiger partial charge on any atom is 0.337 e. The molecule has 1 saturated heterocycles. The van der Waals surface area contributed by atoms with Gasteiger partial charge in [0.15, 0.2) is 6.61 Å². The van der Waals surface area contributed by atoms with E-state index >= 15 is 0 Å². The van der Waals surface area contributed by atoms with Gasteiger partial charge in [-0.05, 0) is 43.0 Å². The summed E-state index contributed by atoms with van der Waals surface area (Å²) in [5.41, 5.74) is 0.517. The molecule has 0 bridgehead atoms. The minimum absolute atomic E-state index is 0.105. The molecule has 2 amide bonds. The number of nitrogens with zero attached hydrogens (tertiary/aromatic N) is 1. The van der Waals surface area contributed by atoms with Crippen LogP contribution < -0.4 is 14.8 Å². The van der Waals surface area contributed by atoms with E-state index in [9.17, 15) is 18.8 Å². The van der Waals surface area contributed by atoms with Crippen LogP contribution in [0, 0.1) is 11.7 Å². The number of fused-ring (bicyclic) bond motifs is 1. The van der Waals surface area contributed by atoms with Crippen LogP contribution in [0.5, 0.6) is 11.5 Å². The van der Waals surface area contributed by atoms with E-state index in [0.29, 0.717) is 48.9 Å². The highest BCUT2D eigenvalue weighted by atomic mass is 35.5. The largest absolute Gasteiger partial charge is 0.492 e. The summed E-state index contributed by atoms with van der Waals surface area (Å²) in [7, 11) is 1.30. The van der Waals surface area contributed by atoms with Crippen molar-refractivity contribution in [1.29, 1.82) is 0 Å². The highest BCUT2D eigenvalue weighted by molar-refractivity contribution is 6.32. The second-order valence-corrected chi connectivity index (χ2v) is 8.26. The van der Waals surface area contributed by atoms with Crippen LogP contribution in [0.15, 0.2) is 30.3 Å². The van der Waals surface area contributed by atoms with Crippen LogP contribution in [0.2, 0.25) is 5.02 Å². The Kier molecular flexibility index (Phi) is 6.69. The lowest BCUT2D eigenvalue weighted by Crippen LogP contribution is -2.40. The summed E-state index contributed by atoms with van der Waals surface area (Å²) in [6.45, 7) is 1.11. The highest BCUT2D eigenvalue weighted by Gasteiger charge is 2.28. The summed E-state index contributed by atoms with van der Waals surface area (Å²) in [5.74, 6) is -1.10. The molecule has 8 nitrogen and oxygen atoms in total. The summed E-state index contributed by atoms with van der Waals surface area (Å²) < 4.78 is 30.2. The zero-order valence-electron chi connectivity index (χ0n) is 17.9. The summed E-state index contributed by atoms with van der Waals surface area (Å²) in [6.07, 6.45) is 1.35. The van der Waals surface area contributed by atoms with Gasteiger partial charge in [-0.2, -0.15) is 0 Å². The van der Waals surface area contributed by atoms with Crippen molar-refractivity contribution in [3.63, 3.8) is 0 Å². The number of hydrogen-bond donors (Lipinski definition) is 1. The molecule has 0 saturated carbocycles. The minimum Gasteiger partial charge on any atom is -0.492 e. The number of anilines is 1. The average Bonchev–Trinajstić information content (AvgIpc) is 2.82. The number of carbonyl (C=O) groups is 3. The Labute approximate surface area is 194 Å². The third-order valence-corrected chi connectivity index (χ3v) is 5.96. The van der Waals surface area contributed by atoms with Crippen LogP contribution in [0.1, 0.15) is 33.6 Å². The number of amides is 2. The number of benzene rings is 2. The van der Waals surface area contributed by atoms with E-state index in [2.05, 4.69) is 10.1 Å². The number of hydrogen-bond acceptors (Lipinski definition) is 6. The van der Waals surface area contributed by atoms with Crippen LogP contribution in [0.25, 0.3) is 0 Å². The van der Waals surface area contributed by atoms with Gasteiger partial charge in [0.05, 0.1) is 35.6 Å². The zero-order valence-corrected chi connectivity index (χ0v) is 18.6. The zero-order chi connectivity index (χ0) is 23.5. The van der Waals surface area contributed by atoms with E-state index in [1.807, 2.05) is 0 Å². The predicted octanol–water partition coefficient (Wildman–Crippen LogP) is 3.53. The fourth-order valence-electron chi connectivity index (χ4n) is 3.81. The number of likely N-dealkylation sites (tertiary alicyclic amines) is 1. The Morgan fingerprint density at radius 2 is 2.00 bits per heavy atom. The number of rotatable bonds is 5. The van der Waals surface area contributed by atoms with Gasteiger partial charge in [-0.25, -0.2) is 9.18 Å². The number of carbonyl (C=O) groups excluding carboxylic acids is 3. The molecule has 0 aliphatic carbocycles. The first-order valence-electron chi connectivity index (χ1n) is 10.4. The summed E-state index contributed by atoms with van der Waals surface area (Å²) in [5, 5.41) is 2.90. The van der Waals surface area contributed by atoms with Gasteiger partial charge in [-0.3, -0.25) is 9.59 Å². The smallest absolute Gasteiger partial charge is 0.337 e. The topological polar surface area (TPSA) is 94.2 Å². The van der Waals surface area contributed by atoms with Crippen molar-refractivity contribution in [3.8, 4) is 11.5 Å². The first-order valence-corrected chi connectivity index (χ1v) is 10.8. The molecule has 10 heteroatoms. The number of halogens is 2. The number of piperidine rings is 1. The van der Waals surface area contributed by atoms with Gasteiger partial charge >= 0.3 is 5.97 Å². The molecular weight excluding hydrogens is 455 g/mol. The molecular formula is C23H22ClFN2O6. The Balaban J connectivity index is 1.33. The Morgan fingerprint density at radius 3 is 2.70 bits per heavy atom. The number of nitrogens with one attached hydrogen (secondary N) is 1. The van der Waals surface area contributed by atoms with Gasteiger partial charge < -0.3 is 24.4 Å². The molecule has 174 valence electrons. The molecule has 0 atom stereocenters. The maximum atomic E-state index is 14.5. The second kappa shape index (κ2) is 9.66. The lowest BCUT2D eigenvalue weighted by Gasteiger charge is -2.32. The van der Waals surface area contributed by atoms with E-state index < -0.39 is 17.7 Å². The van der Waals surface area contributed by atoms with E-state index in [1.54, 1.807) is 17.0 Å². The monoisotopic (exact) mass is 476 g/mol. The van der Waals surface area contributed by atoms with Gasteiger partial charge in [0.2, 0.25) is 0 Å². The molecule has 0 spiro atoms. The Morgan fingerprint density at radius 1 is 1.24 bits per heavy atom.